The minimum absolute atomic E-state index is 0.0352. The summed E-state index contributed by atoms with van der Waals surface area (Å²) >= 11 is 5.97. The van der Waals surface area contributed by atoms with Crippen molar-refractivity contribution in [3.8, 4) is 5.69 Å². The molecule has 0 unspecified atom stereocenters. The number of hydrogen-bond donors (Lipinski definition) is 5. The molecule has 0 spiro atoms. The summed E-state index contributed by atoms with van der Waals surface area (Å²) in [5.74, 6) is -0.105. The quantitative estimate of drug-likeness (QED) is 0.0884. The van der Waals surface area contributed by atoms with Crippen molar-refractivity contribution in [3.63, 3.8) is 0 Å². The SMILES string of the molecule is CC(C)(C)c1cc2cn(-c3ccc(CNCCCN=C(N)N)cc3)c(=O)nc2[nH]1.CC(C)(C)c1ccc(Cl)c(CCCO)c1F. The molecular weight excluding hydrogens is 593 g/mol. The van der Waals surface area contributed by atoms with Gasteiger partial charge in [-0.15, -0.1) is 0 Å². The normalized spacial score (nSPS) is 11.8. The molecule has 4 aromatic rings. The molecule has 0 atom stereocenters. The van der Waals surface area contributed by atoms with Gasteiger partial charge in [0.25, 0.3) is 0 Å². The first-order valence-corrected chi connectivity index (χ1v) is 15.6. The van der Waals surface area contributed by atoms with Crippen molar-refractivity contribution < 1.29 is 9.50 Å². The zero-order valence-corrected chi connectivity index (χ0v) is 27.9. The van der Waals surface area contributed by atoms with E-state index in [9.17, 15) is 9.18 Å². The van der Waals surface area contributed by atoms with E-state index in [0.717, 1.165) is 41.8 Å². The number of aliphatic hydroxyl groups excluding tert-OH is 1. The molecule has 45 heavy (non-hydrogen) atoms. The van der Waals surface area contributed by atoms with E-state index in [1.807, 2.05) is 51.2 Å². The van der Waals surface area contributed by atoms with Crippen molar-refractivity contribution in [2.24, 2.45) is 16.5 Å². The van der Waals surface area contributed by atoms with Crippen LogP contribution in [-0.2, 0) is 23.8 Å². The van der Waals surface area contributed by atoms with Gasteiger partial charge in [-0.05, 0) is 66.6 Å². The predicted molar refractivity (Wildman–Crippen MR) is 183 cm³/mol. The van der Waals surface area contributed by atoms with Gasteiger partial charge in [0.1, 0.15) is 11.5 Å². The van der Waals surface area contributed by atoms with Crippen LogP contribution < -0.4 is 22.5 Å². The third-order valence-electron chi connectivity index (χ3n) is 7.24. The first-order valence-electron chi connectivity index (χ1n) is 15.2. The Balaban J connectivity index is 0.000000292. The Morgan fingerprint density at radius 1 is 1.07 bits per heavy atom. The van der Waals surface area contributed by atoms with Crippen molar-refractivity contribution in [1.82, 2.24) is 19.9 Å². The van der Waals surface area contributed by atoms with Gasteiger partial charge in [-0.1, -0.05) is 71.3 Å². The standard InChI is InChI=1S/C21H29N7O.C13H18ClFO/c1-21(2,3)17-11-15-13-28(20(29)27-18(15)26-17)16-7-5-14(6-8-16)12-24-9-4-10-25-19(22)23;1-13(2,3)10-6-7-11(14)9(12(10)15)5-4-8-16/h5-8,11,13,24H,4,9-10,12H2,1-3H3,(H4,22,23,25)(H,26,27,29);6-7,16H,4-5,8H2,1-3H3. The maximum Gasteiger partial charge on any atom is 0.354 e. The fourth-order valence-corrected chi connectivity index (χ4v) is 4.91. The summed E-state index contributed by atoms with van der Waals surface area (Å²) in [6, 6.07) is 13.4. The monoisotopic (exact) mass is 639 g/mol. The van der Waals surface area contributed by atoms with Gasteiger partial charge < -0.3 is 26.9 Å². The van der Waals surface area contributed by atoms with Crippen LogP contribution in [0.1, 0.15) is 76.8 Å². The van der Waals surface area contributed by atoms with Crippen molar-refractivity contribution in [2.45, 2.75) is 78.2 Å². The number of guanidine groups is 1. The number of aromatic nitrogens is 3. The molecule has 0 aliphatic carbocycles. The number of rotatable bonds is 10. The number of nitrogens with zero attached hydrogens (tertiary/aromatic N) is 3. The van der Waals surface area contributed by atoms with E-state index in [0.29, 0.717) is 41.2 Å². The van der Waals surface area contributed by atoms with Crippen LogP contribution in [0.3, 0.4) is 0 Å². The van der Waals surface area contributed by atoms with Gasteiger partial charge >= 0.3 is 5.69 Å². The number of H-pyrrole nitrogens is 1. The number of aromatic amines is 1. The number of hydrogen-bond acceptors (Lipinski definition) is 5. The molecule has 0 bridgehead atoms. The van der Waals surface area contributed by atoms with Crippen LogP contribution in [0, 0.1) is 5.82 Å². The summed E-state index contributed by atoms with van der Waals surface area (Å²) < 4.78 is 15.8. The molecule has 0 aliphatic heterocycles. The Morgan fingerprint density at radius 3 is 2.36 bits per heavy atom. The second-order valence-corrected chi connectivity index (χ2v) is 13.5. The molecular formula is C34H47ClFN7O2. The number of nitrogens with two attached hydrogens (primary N) is 2. The number of aliphatic imine (C=N–C) groups is 1. The van der Waals surface area contributed by atoms with Crippen molar-refractivity contribution in [3.05, 3.63) is 92.4 Å². The number of halogens is 2. The Labute approximate surface area is 269 Å². The van der Waals surface area contributed by atoms with E-state index in [4.69, 9.17) is 28.2 Å². The molecule has 2 aromatic carbocycles. The van der Waals surface area contributed by atoms with E-state index >= 15 is 0 Å². The van der Waals surface area contributed by atoms with Crippen molar-refractivity contribution in [1.29, 1.82) is 0 Å². The Kier molecular flexibility index (Phi) is 12.3. The molecule has 0 fully saturated rings. The van der Waals surface area contributed by atoms with E-state index in [-0.39, 0.29) is 34.9 Å². The van der Waals surface area contributed by atoms with E-state index in [1.165, 1.54) is 0 Å². The Morgan fingerprint density at radius 2 is 1.76 bits per heavy atom. The van der Waals surface area contributed by atoms with Gasteiger partial charge in [-0.3, -0.25) is 9.56 Å². The molecule has 0 radical (unpaired) electrons. The Hall–Kier alpha value is -3.73. The number of nitrogens with one attached hydrogen (secondary N) is 2. The van der Waals surface area contributed by atoms with Crippen molar-refractivity contribution >= 4 is 28.6 Å². The molecule has 0 saturated carbocycles. The molecule has 244 valence electrons. The fourth-order valence-electron chi connectivity index (χ4n) is 4.66. The third kappa shape index (κ3) is 10.1. The van der Waals surface area contributed by atoms with Gasteiger partial charge in [0, 0.05) is 53.0 Å². The average molecular weight is 640 g/mol. The predicted octanol–water partition coefficient (Wildman–Crippen LogP) is 5.47. The van der Waals surface area contributed by atoms with Crippen LogP contribution in [0.4, 0.5) is 4.39 Å². The van der Waals surface area contributed by atoms with Gasteiger partial charge in [0.2, 0.25) is 0 Å². The van der Waals surface area contributed by atoms with Gasteiger partial charge in [-0.25, -0.2) is 9.18 Å². The minimum atomic E-state index is -0.301. The molecule has 4 rings (SSSR count). The minimum Gasteiger partial charge on any atom is -0.396 e. The highest BCUT2D eigenvalue weighted by Gasteiger charge is 2.22. The second-order valence-electron chi connectivity index (χ2n) is 13.1. The van der Waals surface area contributed by atoms with Crippen LogP contribution in [-0.4, -0.2) is 45.3 Å². The zero-order valence-electron chi connectivity index (χ0n) is 27.2. The molecule has 7 N–H and O–H groups in total. The van der Waals surface area contributed by atoms with Crippen LogP contribution in [0.2, 0.25) is 5.02 Å². The lowest BCUT2D eigenvalue weighted by Gasteiger charge is -2.21. The number of benzene rings is 2. The second kappa shape index (κ2) is 15.5. The third-order valence-corrected chi connectivity index (χ3v) is 7.60. The number of aliphatic hydroxyl groups is 1. The summed E-state index contributed by atoms with van der Waals surface area (Å²) in [7, 11) is 0. The summed E-state index contributed by atoms with van der Waals surface area (Å²) in [5.41, 5.74) is 14.8. The van der Waals surface area contributed by atoms with Gasteiger partial charge in [-0.2, -0.15) is 4.98 Å². The lowest BCUT2D eigenvalue weighted by atomic mass is 9.85. The molecule has 0 amide bonds. The van der Waals surface area contributed by atoms with E-state index in [1.54, 1.807) is 16.7 Å². The lowest BCUT2D eigenvalue weighted by Crippen LogP contribution is -2.23. The maximum atomic E-state index is 14.2. The molecule has 2 aromatic heterocycles. The van der Waals surface area contributed by atoms with Crippen LogP contribution >= 0.6 is 11.6 Å². The number of fused-ring (bicyclic) bond motifs is 1. The van der Waals surface area contributed by atoms with Crippen molar-refractivity contribution in [2.75, 3.05) is 19.7 Å². The smallest absolute Gasteiger partial charge is 0.354 e. The topological polar surface area (TPSA) is 147 Å². The lowest BCUT2D eigenvalue weighted by molar-refractivity contribution is 0.288. The molecule has 9 nitrogen and oxygen atoms in total. The van der Waals surface area contributed by atoms with Crippen LogP contribution in [0.15, 0.2) is 58.4 Å². The van der Waals surface area contributed by atoms with Gasteiger partial charge in [0.05, 0.1) is 5.69 Å². The molecule has 11 heteroatoms. The zero-order chi connectivity index (χ0) is 33.4. The van der Waals surface area contributed by atoms with Crippen LogP contribution in [0.25, 0.3) is 16.7 Å². The average Bonchev–Trinajstić information content (AvgIpc) is 3.38. The summed E-state index contributed by atoms with van der Waals surface area (Å²) in [6.45, 7) is 14.5. The van der Waals surface area contributed by atoms with Crippen LogP contribution in [0.5, 0.6) is 0 Å². The first kappa shape index (κ1) is 35.7. The summed E-state index contributed by atoms with van der Waals surface area (Å²) in [6.07, 6.45) is 3.72. The molecule has 0 saturated heterocycles. The maximum absolute atomic E-state index is 14.2. The largest absolute Gasteiger partial charge is 0.396 e. The summed E-state index contributed by atoms with van der Waals surface area (Å²) in [4.78, 5) is 23.9. The fraction of sp³-hybridized carbons (Fsp3) is 0.441. The molecule has 2 heterocycles. The van der Waals surface area contributed by atoms with E-state index < -0.39 is 0 Å². The highest BCUT2D eigenvalue weighted by molar-refractivity contribution is 6.31. The van der Waals surface area contributed by atoms with Gasteiger partial charge in [0.15, 0.2) is 5.96 Å². The Bertz CT molecular complexity index is 1640. The highest BCUT2D eigenvalue weighted by Crippen LogP contribution is 2.31. The highest BCUT2D eigenvalue weighted by atomic mass is 35.5. The first-order chi connectivity index (χ1) is 21.1. The summed E-state index contributed by atoms with van der Waals surface area (Å²) in [5, 5.41) is 13.5. The van der Waals surface area contributed by atoms with E-state index in [2.05, 4.69) is 47.1 Å². The molecule has 0 aliphatic rings.